The Morgan fingerprint density at radius 1 is 1.19 bits per heavy atom. The Bertz CT molecular complexity index is 545. The van der Waals surface area contributed by atoms with E-state index in [1.54, 1.807) is 0 Å². The molecule has 0 saturated carbocycles. The van der Waals surface area contributed by atoms with Crippen LogP contribution in [0.5, 0.6) is 0 Å². The maximum atomic E-state index is 5.62. The lowest BCUT2D eigenvalue weighted by Gasteiger charge is -2.06. The van der Waals surface area contributed by atoms with Gasteiger partial charge in [0.05, 0.1) is 6.61 Å². The lowest BCUT2D eigenvalue weighted by atomic mass is 10.1. The van der Waals surface area contributed by atoms with Crippen LogP contribution in [0, 0.1) is 5.92 Å². The summed E-state index contributed by atoms with van der Waals surface area (Å²) in [4.78, 5) is 0. The standard InChI is InChI=1S/C18H28N2O/c1-4-10-21-11-9-20-14-16(13-19-12-15(2)3)17-7-5-6-8-18(17)20/h5-8,14-15,19H,4,9-13H2,1-3H3. The molecular formula is C18H28N2O. The lowest BCUT2D eigenvalue weighted by Crippen LogP contribution is -2.18. The molecule has 0 saturated heterocycles. The molecule has 1 aromatic heterocycles. The largest absolute Gasteiger partial charge is 0.380 e. The molecule has 0 aliphatic heterocycles. The minimum Gasteiger partial charge on any atom is -0.380 e. The second kappa shape index (κ2) is 8.20. The maximum absolute atomic E-state index is 5.62. The highest BCUT2D eigenvalue weighted by molar-refractivity contribution is 5.83. The quantitative estimate of drug-likeness (QED) is 0.710. The average Bonchev–Trinajstić information content (AvgIpc) is 2.82. The van der Waals surface area contributed by atoms with Gasteiger partial charge in [-0.05, 0) is 30.5 Å². The summed E-state index contributed by atoms with van der Waals surface area (Å²) in [6.07, 6.45) is 3.35. The highest BCUT2D eigenvalue weighted by Crippen LogP contribution is 2.21. The molecule has 0 spiro atoms. The number of benzene rings is 1. The van der Waals surface area contributed by atoms with Gasteiger partial charge in [-0.15, -0.1) is 0 Å². The van der Waals surface area contributed by atoms with Crippen molar-refractivity contribution in [3.05, 3.63) is 36.0 Å². The molecule has 0 aliphatic rings. The molecule has 2 aromatic rings. The van der Waals surface area contributed by atoms with Gasteiger partial charge in [0.15, 0.2) is 0 Å². The Kier molecular flexibility index (Phi) is 6.27. The SMILES string of the molecule is CCCOCCn1cc(CNCC(C)C)c2ccccc21. The molecular weight excluding hydrogens is 260 g/mol. The van der Waals surface area contributed by atoms with Crippen LogP contribution in [0.2, 0.25) is 0 Å². The summed E-state index contributed by atoms with van der Waals surface area (Å²) >= 11 is 0. The van der Waals surface area contributed by atoms with E-state index in [-0.39, 0.29) is 0 Å². The number of hydrogen-bond acceptors (Lipinski definition) is 2. The van der Waals surface area contributed by atoms with E-state index < -0.39 is 0 Å². The number of nitrogens with one attached hydrogen (secondary N) is 1. The van der Waals surface area contributed by atoms with Crippen molar-refractivity contribution in [3.63, 3.8) is 0 Å². The Balaban J connectivity index is 2.06. The molecule has 3 heteroatoms. The second-order valence-corrected chi connectivity index (χ2v) is 6.00. The van der Waals surface area contributed by atoms with Gasteiger partial charge in [-0.25, -0.2) is 0 Å². The monoisotopic (exact) mass is 288 g/mol. The first-order valence-electron chi connectivity index (χ1n) is 8.07. The van der Waals surface area contributed by atoms with E-state index in [1.807, 2.05) is 0 Å². The van der Waals surface area contributed by atoms with Gasteiger partial charge in [-0.2, -0.15) is 0 Å². The number of hydrogen-bond donors (Lipinski definition) is 1. The molecule has 0 radical (unpaired) electrons. The Morgan fingerprint density at radius 2 is 2.00 bits per heavy atom. The minimum atomic E-state index is 0.681. The summed E-state index contributed by atoms with van der Waals surface area (Å²) in [5.41, 5.74) is 2.68. The number of para-hydroxylation sites is 1. The topological polar surface area (TPSA) is 26.2 Å². The van der Waals surface area contributed by atoms with Gasteiger partial charge < -0.3 is 14.6 Å². The van der Waals surface area contributed by atoms with Gasteiger partial charge in [-0.1, -0.05) is 39.0 Å². The van der Waals surface area contributed by atoms with Crippen LogP contribution >= 0.6 is 0 Å². The minimum absolute atomic E-state index is 0.681. The Morgan fingerprint density at radius 3 is 2.76 bits per heavy atom. The fourth-order valence-corrected chi connectivity index (χ4v) is 2.55. The fourth-order valence-electron chi connectivity index (χ4n) is 2.55. The normalized spacial score (nSPS) is 11.6. The van der Waals surface area contributed by atoms with Gasteiger partial charge in [0.25, 0.3) is 0 Å². The van der Waals surface area contributed by atoms with E-state index in [0.29, 0.717) is 5.92 Å². The van der Waals surface area contributed by atoms with Gasteiger partial charge in [0.2, 0.25) is 0 Å². The maximum Gasteiger partial charge on any atom is 0.0645 e. The summed E-state index contributed by atoms with van der Waals surface area (Å²) in [5, 5.41) is 4.89. The number of rotatable bonds is 9. The summed E-state index contributed by atoms with van der Waals surface area (Å²) in [7, 11) is 0. The lowest BCUT2D eigenvalue weighted by molar-refractivity contribution is 0.127. The van der Waals surface area contributed by atoms with E-state index >= 15 is 0 Å². The molecule has 1 aromatic carbocycles. The van der Waals surface area contributed by atoms with Gasteiger partial charge >= 0.3 is 0 Å². The summed E-state index contributed by atoms with van der Waals surface area (Å²) < 4.78 is 7.94. The fraction of sp³-hybridized carbons (Fsp3) is 0.556. The van der Waals surface area contributed by atoms with E-state index in [2.05, 4.69) is 61.1 Å². The second-order valence-electron chi connectivity index (χ2n) is 6.00. The molecule has 1 N–H and O–H groups in total. The zero-order valence-corrected chi connectivity index (χ0v) is 13.6. The van der Waals surface area contributed by atoms with Gasteiger partial charge in [0.1, 0.15) is 0 Å². The molecule has 0 unspecified atom stereocenters. The highest BCUT2D eigenvalue weighted by Gasteiger charge is 2.07. The molecule has 0 bridgehead atoms. The van der Waals surface area contributed by atoms with Crippen molar-refractivity contribution in [2.45, 2.75) is 40.3 Å². The van der Waals surface area contributed by atoms with Crippen molar-refractivity contribution in [3.8, 4) is 0 Å². The first-order chi connectivity index (χ1) is 10.2. The van der Waals surface area contributed by atoms with E-state index in [4.69, 9.17) is 4.74 Å². The molecule has 3 nitrogen and oxygen atoms in total. The summed E-state index contributed by atoms with van der Waals surface area (Å²) in [5.74, 6) is 0.681. The van der Waals surface area contributed by atoms with E-state index in [1.165, 1.54) is 16.5 Å². The van der Waals surface area contributed by atoms with Crippen molar-refractivity contribution in [1.82, 2.24) is 9.88 Å². The summed E-state index contributed by atoms with van der Waals surface area (Å²) in [6.45, 7) is 11.2. The van der Waals surface area contributed by atoms with Crippen LogP contribution in [0.25, 0.3) is 10.9 Å². The third kappa shape index (κ3) is 4.58. The van der Waals surface area contributed by atoms with Crippen molar-refractivity contribution in [2.75, 3.05) is 19.8 Å². The van der Waals surface area contributed by atoms with Crippen LogP contribution < -0.4 is 5.32 Å². The van der Waals surface area contributed by atoms with Crippen molar-refractivity contribution >= 4 is 10.9 Å². The molecule has 0 aliphatic carbocycles. The molecule has 0 amide bonds. The highest BCUT2D eigenvalue weighted by atomic mass is 16.5. The molecule has 2 rings (SSSR count). The van der Waals surface area contributed by atoms with Crippen LogP contribution in [-0.2, 0) is 17.8 Å². The van der Waals surface area contributed by atoms with Crippen LogP contribution in [0.1, 0.15) is 32.8 Å². The van der Waals surface area contributed by atoms with E-state index in [9.17, 15) is 0 Å². The number of aromatic nitrogens is 1. The van der Waals surface area contributed by atoms with Crippen LogP contribution in [0.3, 0.4) is 0 Å². The van der Waals surface area contributed by atoms with Gasteiger partial charge in [0, 0.05) is 36.8 Å². The van der Waals surface area contributed by atoms with Crippen molar-refractivity contribution in [1.29, 1.82) is 0 Å². The van der Waals surface area contributed by atoms with Gasteiger partial charge in [-0.3, -0.25) is 0 Å². The number of fused-ring (bicyclic) bond motifs is 1. The smallest absolute Gasteiger partial charge is 0.0645 e. The molecule has 21 heavy (non-hydrogen) atoms. The van der Waals surface area contributed by atoms with Crippen LogP contribution in [0.15, 0.2) is 30.5 Å². The zero-order chi connectivity index (χ0) is 15.1. The Hall–Kier alpha value is -1.32. The molecule has 0 atom stereocenters. The predicted molar refractivity (Wildman–Crippen MR) is 89.6 cm³/mol. The first kappa shape index (κ1) is 16.1. The average molecular weight is 288 g/mol. The number of ether oxygens (including phenoxy) is 1. The molecule has 116 valence electrons. The van der Waals surface area contributed by atoms with Crippen LogP contribution in [-0.4, -0.2) is 24.3 Å². The van der Waals surface area contributed by atoms with Crippen molar-refractivity contribution < 1.29 is 4.74 Å². The third-order valence-electron chi connectivity index (χ3n) is 3.56. The predicted octanol–water partition coefficient (Wildman–Crippen LogP) is 3.81. The zero-order valence-electron chi connectivity index (χ0n) is 13.6. The Labute approximate surface area is 128 Å². The van der Waals surface area contributed by atoms with Crippen molar-refractivity contribution in [2.24, 2.45) is 5.92 Å². The number of nitrogens with zero attached hydrogens (tertiary/aromatic N) is 1. The molecule has 1 heterocycles. The molecule has 0 fully saturated rings. The van der Waals surface area contributed by atoms with Crippen LogP contribution in [0.4, 0.5) is 0 Å². The first-order valence-corrected chi connectivity index (χ1v) is 8.07. The summed E-state index contributed by atoms with van der Waals surface area (Å²) in [6, 6.07) is 8.63. The third-order valence-corrected chi connectivity index (χ3v) is 3.56. The van der Waals surface area contributed by atoms with E-state index in [0.717, 1.165) is 39.3 Å².